The first-order valence-corrected chi connectivity index (χ1v) is 6.88. The number of hydrogen-bond acceptors (Lipinski definition) is 3. The monoisotopic (exact) mass is 382 g/mol. The Morgan fingerprint density at radius 1 is 1.25 bits per heavy atom. The van der Waals surface area contributed by atoms with E-state index in [0.717, 1.165) is 9.13 Å². The minimum atomic E-state index is -0.560. The molecular weight excluding hydrogens is 371 g/mol. The van der Waals surface area contributed by atoms with Gasteiger partial charge >= 0.3 is 0 Å². The summed E-state index contributed by atoms with van der Waals surface area (Å²) in [4.78, 5) is 22.5. The van der Waals surface area contributed by atoms with E-state index in [1.807, 2.05) is 19.1 Å². The van der Waals surface area contributed by atoms with Gasteiger partial charge in [0.15, 0.2) is 0 Å². The molecule has 20 heavy (non-hydrogen) atoms. The van der Waals surface area contributed by atoms with E-state index in [1.165, 1.54) is 18.2 Å². The number of para-hydroxylation sites is 1. The molecule has 5 nitrogen and oxygen atoms in total. The predicted molar refractivity (Wildman–Crippen MR) is 84.9 cm³/mol. The second-order valence-electron chi connectivity index (χ2n) is 4.19. The third kappa shape index (κ3) is 3.13. The van der Waals surface area contributed by atoms with Crippen LogP contribution < -0.4 is 5.32 Å². The standard InChI is InChI=1S/C14H11IN2O3/c1-9-8-10(15)6-7-12(9)16-14(18)11-4-2-3-5-13(11)17(19)20/h2-8H,1H3,(H,16,18). The zero-order valence-electron chi connectivity index (χ0n) is 10.6. The lowest BCUT2D eigenvalue weighted by atomic mass is 10.1. The number of hydrogen-bond donors (Lipinski definition) is 1. The van der Waals surface area contributed by atoms with Crippen LogP contribution in [-0.4, -0.2) is 10.8 Å². The normalized spacial score (nSPS) is 10.1. The van der Waals surface area contributed by atoms with Crippen molar-refractivity contribution in [1.29, 1.82) is 0 Å². The van der Waals surface area contributed by atoms with Crippen molar-refractivity contribution < 1.29 is 9.72 Å². The number of amides is 1. The molecule has 0 aromatic heterocycles. The molecule has 2 aromatic carbocycles. The molecule has 0 aliphatic rings. The van der Waals surface area contributed by atoms with Crippen LogP contribution in [0.2, 0.25) is 0 Å². The average molecular weight is 382 g/mol. The smallest absolute Gasteiger partial charge is 0.282 e. The first kappa shape index (κ1) is 14.4. The van der Waals surface area contributed by atoms with E-state index in [0.29, 0.717) is 5.69 Å². The Morgan fingerprint density at radius 2 is 1.95 bits per heavy atom. The summed E-state index contributed by atoms with van der Waals surface area (Å²) in [6.07, 6.45) is 0. The van der Waals surface area contributed by atoms with Gasteiger partial charge in [-0.15, -0.1) is 0 Å². The number of halogens is 1. The van der Waals surface area contributed by atoms with Gasteiger partial charge in [-0.3, -0.25) is 14.9 Å². The molecule has 0 fully saturated rings. The fourth-order valence-corrected chi connectivity index (χ4v) is 2.43. The van der Waals surface area contributed by atoms with Crippen molar-refractivity contribution in [1.82, 2.24) is 0 Å². The summed E-state index contributed by atoms with van der Waals surface area (Å²) in [6, 6.07) is 11.5. The van der Waals surface area contributed by atoms with E-state index < -0.39 is 10.8 Å². The van der Waals surface area contributed by atoms with Crippen LogP contribution in [0.1, 0.15) is 15.9 Å². The Morgan fingerprint density at radius 3 is 2.60 bits per heavy atom. The third-order valence-corrected chi connectivity index (χ3v) is 3.45. The fraction of sp³-hybridized carbons (Fsp3) is 0.0714. The first-order chi connectivity index (χ1) is 9.49. The number of carbonyl (C=O) groups is 1. The van der Waals surface area contributed by atoms with Gasteiger partial charge in [-0.05, 0) is 59.3 Å². The minimum Gasteiger partial charge on any atom is -0.322 e. The van der Waals surface area contributed by atoms with E-state index in [1.54, 1.807) is 12.1 Å². The highest BCUT2D eigenvalue weighted by atomic mass is 127. The maximum absolute atomic E-state index is 12.2. The topological polar surface area (TPSA) is 72.2 Å². The van der Waals surface area contributed by atoms with Gasteiger partial charge in [0.1, 0.15) is 5.56 Å². The van der Waals surface area contributed by atoms with Crippen molar-refractivity contribution in [3.63, 3.8) is 0 Å². The highest BCUT2D eigenvalue weighted by Gasteiger charge is 2.19. The van der Waals surface area contributed by atoms with Crippen LogP contribution in [-0.2, 0) is 0 Å². The van der Waals surface area contributed by atoms with Crippen molar-refractivity contribution in [2.75, 3.05) is 5.32 Å². The van der Waals surface area contributed by atoms with E-state index in [-0.39, 0.29) is 11.3 Å². The Kier molecular flexibility index (Phi) is 4.33. The van der Waals surface area contributed by atoms with E-state index in [9.17, 15) is 14.9 Å². The molecule has 0 heterocycles. The molecule has 0 radical (unpaired) electrons. The summed E-state index contributed by atoms with van der Waals surface area (Å²) in [7, 11) is 0. The molecule has 102 valence electrons. The Hall–Kier alpha value is -1.96. The molecule has 1 N–H and O–H groups in total. The minimum absolute atomic E-state index is 0.0513. The van der Waals surface area contributed by atoms with Gasteiger partial charge in [-0.25, -0.2) is 0 Å². The summed E-state index contributed by atoms with van der Waals surface area (Å²) in [6.45, 7) is 1.87. The SMILES string of the molecule is Cc1cc(I)ccc1NC(=O)c1ccccc1[N+](=O)[O-]. The van der Waals surface area contributed by atoms with Crippen LogP contribution in [0.4, 0.5) is 11.4 Å². The predicted octanol–water partition coefficient (Wildman–Crippen LogP) is 3.76. The van der Waals surface area contributed by atoms with Crippen LogP contribution in [0.3, 0.4) is 0 Å². The molecule has 6 heteroatoms. The first-order valence-electron chi connectivity index (χ1n) is 5.80. The highest BCUT2D eigenvalue weighted by molar-refractivity contribution is 14.1. The maximum atomic E-state index is 12.2. The molecule has 2 rings (SSSR count). The summed E-state index contributed by atoms with van der Waals surface area (Å²) in [5, 5.41) is 13.6. The Bertz CT molecular complexity index is 686. The van der Waals surface area contributed by atoms with Gasteiger partial charge < -0.3 is 5.32 Å². The van der Waals surface area contributed by atoms with Gasteiger partial charge in [0.05, 0.1) is 4.92 Å². The van der Waals surface area contributed by atoms with Crippen LogP contribution in [0.5, 0.6) is 0 Å². The lowest BCUT2D eigenvalue weighted by Crippen LogP contribution is -2.14. The number of nitrogens with one attached hydrogen (secondary N) is 1. The van der Waals surface area contributed by atoms with Crippen LogP contribution >= 0.6 is 22.6 Å². The number of aryl methyl sites for hydroxylation is 1. The molecule has 0 spiro atoms. The van der Waals surface area contributed by atoms with E-state index in [2.05, 4.69) is 27.9 Å². The zero-order valence-corrected chi connectivity index (χ0v) is 12.7. The van der Waals surface area contributed by atoms with Crippen LogP contribution in [0, 0.1) is 20.6 Å². The number of rotatable bonds is 3. The fourth-order valence-electron chi connectivity index (χ4n) is 1.78. The summed E-state index contributed by atoms with van der Waals surface area (Å²) in [5.74, 6) is -0.485. The molecule has 0 aliphatic carbocycles. The molecule has 0 unspecified atom stereocenters. The number of nitro groups is 1. The number of anilines is 1. The second-order valence-corrected chi connectivity index (χ2v) is 5.43. The number of benzene rings is 2. The summed E-state index contributed by atoms with van der Waals surface area (Å²) in [5.41, 5.74) is 1.40. The third-order valence-electron chi connectivity index (χ3n) is 2.78. The number of carbonyl (C=O) groups excluding carboxylic acids is 1. The van der Waals surface area contributed by atoms with Crippen LogP contribution in [0.15, 0.2) is 42.5 Å². The lowest BCUT2D eigenvalue weighted by molar-refractivity contribution is -0.385. The molecular formula is C14H11IN2O3. The van der Waals surface area contributed by atoms with Gasteiger partial charge in [0.25, 0.3) is 11.6 Å². The lowest BCUT2D eigenvalue weighted by Gasteiger charge is -2.09. The van der Waals surface area contributed by atoms with Gasteiger partial charge in [-0.1, -0.05) is 12.1 Å². The second kappa shape index (κ2) is 6.00. The average Bonchev–Trinajstić information content (AvgIpc) is 2.41. The van der Waals surface area contributed by atoms with Crippen molar-refractivity contribution in [2.24, 2.45) is 0 Å². The summed E-state index contributed by atoms with van der Waals surface area (Å²) < 4.78 is 1.06. The molecule has 0 bridgehead atoms. The number of nitrogens with zero attached hydrogens (tertiary/aromatic N) is 1. The van der Waals surface area contributed by atoms with Gasteiger partial charge in [0.2, 0.25) is 0 Å². The number of nitro benzene ring substituents is 1. The quantitative estimate of drug-likeness (QED) is 0.499. The molecule has 0 saturated carbocycles. The van der Waals surface area contributed by atoms with Gasteiger partial charge in [0, 0.05) is 15.3 Å². The van der Waals surface area contributed by atoms with Gasteiger partial charge in [-0.2, -0.15) is 0 Å². The molecule has 0 atom stereocenters. The van der Waals surface area contributed by atoms with Crippen molar-refractivity contribution in [3.05, 3.63) is 67.3 Å². The van der Waals surface area contributed by atoms with Crippen molar-refractivity contribution in [2.45, 2.75) is 6.92 Å². The highest BCUT2D eigenvalue weighted by Crippen LogP contribution is 2.22. The molecule has 2 aromatic rings. The molecule has 1 amide bonds. The zero-order chi connectivity index (χ0) is 14.7. The molecule has 0 aliphatic heterocycles. The van der Waals surface area contributed by atoms with Crippen molar-refractivity contribution in [3.8, 4) is 0 Å². The van der Waals surface area contributed by atoms with Crippen molar-refractivity contribution >= 4 is 39.9 Å². The maximum Gasteiger partial charge on any atom is 0.282 e. The van der Waals surface area contributed by atoms with E-state index >= 15 is 0 Å². The largest absolute Gasteiger partial charge is 0.322 e. The molecule has 0 saturated heterocycles. The van der Waals surface area contributed by atoms with E-state index in [4.69, 9.17) is 0 Å². The van der Waals surface area contributed by atoms with Crippen LogP contribution in [0.25, 0.3) is 0 Å². The Balaban J connectivity index is 2.31. The summed E-state index contributed by atoms with van der Waals surface area (Å²) >= 11 is 2.18. The Labute approximate surface area is 129 Å².